The molecule has 0 bridgehead atoms. The predicted molar refractivity (Wildman–Crippen MR) is 96.3 cm³/mol. The van der Waals surface area contributed by atoms with Crippen LogP contribution in [0.4, 0.5) is 23.7 Å². The molecule has 27 heavy (non-hydrogen) atoms. The van der Waals surface area contributed by atoms with Gasteiger partial charge in [-0.1, -0.05) is 32.9 Å². The summed E-state index contributed by atoms with van der Waals surface area (Å²) in [5, 5.41) is -0.173. The molecule has 1 unspecified atom stereocenters. The summed E-state index contributed by atoms with van der Waals surface area (Å²) in [5.41, 5.74) is -3.24. The van der Waals surface area contributed by atoms with Crippen molar-refractivity contribution in [2.24, 2.45) is 0 Å². The van der Waals surface area contributed by atoms with E-state index in [9.17, 15) is 18.0 Å². The molecule has 0 N–H and O–H groups in total. The van der Waals surface area contributed by atoms with Crippen LogP contribution in [0.25, 0.3) is 0 Å². The van der Waals surface area contributed by atoms with Gasteiger partial charge in [-0.25, -0.2) is 9.78 Å². The highest BCUT2D eigenvalue weighted by molar-refractivity contribution is 6.33. The van der Waals surface area contributed by atoms with Gasteiger partial charge in [-0.05, 0) is 32.4 Å². The summed E-state index contributed by atoms with van der Waals surface area (Å²) in [4.78, 5) is 17.8. The minimum Gasteiger partial charge on any atom is -0.443 e. The predicted octanol–water partition coefficient (Wildman–Crippen LogP) is 5.19. The van der Waals surface area contributed by atoms with E-state index >= 15 is 0 Å². The molecule has 1 atom stereocenters. The number of halogens is 4. The van der Waals surface area contributed by atoms with Gasteiger partial charge in [0, 0.05) is 12.0 Å². The Kier molecular flexibility index (Phi) is 5.03. The van der Waals surface area contributed by atoms with E-state index < -0.39 is 35.5 Å². The number of carbonyl (C=O) groups is 1. The van der Waals surface area contributed by atoms with Crippen LogP contribution in [0.15, 0.2) is 6.07 Å². The number of carbonyl (C=O) groups excluding carboxylic acids is 1. The summed E-state index contributed by atoms with van der Waals surface area (Å²) in [6.07, 6.45) is -5.21. The maximum Gasteiger partial charge on any atom is 0.425 e. The molecule has 0 aliphatic carbocycles. The summed E-state index contributed by atoms with van der Waals surface area (Å²) < 4.78 is 50.2. The molecule has 2 aliphatic rings. The van der Waals surface area contributed by atoms with Crippen LogP contribution in [-0.2, 0) is 20.5 Å². The van der Waals surface area contributed by atoms with Crippen molar-refractivity contribution < 1.29 is 27.4 Å². The fourth-order valence-corrected chi connectivity index (χ4v) is 3.34. The van der Waals surface area contributed by atoms with Gasteiger partial charge in [0.15, 0.2) is 5.15 Å². The molecule has 3 rings (SSSR count). The topological polar surface area (TPSA) is 55.0 Å². The van der Waals surface area contributed by atoms with Crippen LogP contribution in [0.1, 0.15) is 53.3 Å². The van der Waals surface area contributed by atoms with Crippen LogP contribution < -0.4 is 4.90 Å². The second-order valence-electron chi connectivity index (χ2n) is 8.26. The van der Waals surface area contributed by atoms with Crippen LogP contribution in [0.3, 0.4) is 0 Å². The van der Waals surface area contributed by atoms with Crippen LogP contribution in [0.2, 0.25) is 5.15 Å². The maximum absolute atomic E-state index is 13.4. The van der Waals surface area contributed by atoms with Crippen LogP contribution in [0, 0.1) is 0 Å². The first-order valence-corrected chi connectivity index (χ1v) is 8.48. The first-order valence-electron chi connectivity index (χ1n) is 8.11. The van der Waals surface area contributed by atoms with Gasteiger partial charge in [0.1, 0.15) is 5.60 Å². The number of hydrogen-bond acceptors (Lipinski definition) is 4. The Bertz CT molecular complexity index is 768. The number of alkyl halides is 3. The van der Waals surface area contributed by atoms with Crippen molar-refractivity contribution in [1.82, 2.24) is 4.98 Å². The zero-order valence-electron chi connectivity index (χ0n) is 15.1. The van der Waals surface area contributed by atoms with E-state index in [-0.39, 0.29) is 30.5 Å². The summed E-state index contributed by atoms with van der Waals surface area (Å²) in [7, 11) is 0. The highest BCUT2D eigenvalue weighted by Gasteiger charge is 2.68. The van der Waals surface area contributed by atoms with E-state index in [1.165, 1.54) is 11.0 Å². The summed E-state index contributed by atoms with van der Waals surface area (Å²) in [5.74, 6) is 0. The molecular formula is C18H24ClF3N2O3. The molecular weight excluding hydrogens is 385 g/mol. The van der Waals surface area contributed by atoms with Crippen LogP contribution in [0.5, 0.6) is 0 Å². The van der Waals surface area contributed by atoms with E-state index in [2.05, 4.69) is 4.98 Å². The lowest BCUT2D eigenvalue weighted by molar-refractivity contribution is -0.188. The normalized spacial score (nSPS) is 23.5. The number of anilines is 1. The van der Waals surface area contributed by atoms with Gasteiger partial charge in [0.25, 0.3) is 0 Å². The Morgan fingerprint density at radius 3 is 2.33 bits per heavy atom. The van der Waals surface area contributed by atoms with Gasteiger partial charge in [0.2, 0.25) is 5.60 Å². The van der Waals surface area contributed by atoms with Crippen LogP contribution >= 0.6 is 11.6 Å². The Morgan fingerprint density at radius 2 is 1.89 bits per heavy atom. The highest BCUT2D eigenvalue weighted by Crippen LogP contribution is 2.54. The average Bonchev–Trinajstić information content (AvgIpc) is 3.19. The standard InChI is InChI=1S/C17H20ClF3N2O3.CH4/c1-14(2,3)26-13(24)23-7-15(4,5)9-6-10(22-12(18)11(9)23)16(8-25-16)17(19,20)21;/h6H,7-8H2,1-5H3;1H4. The number of ether oxygens (including phenoxy) is 2. The van der Waals surface area contributed by atoms with Crippen molar-refractivity contribution in [3.05, 3.63) is 22.5 Å². The van der Waals surface area contributed by atoms with Gasteiger partial charge >= 0.3 is 12.3 Å². The van der Waals surface area contributed by atoms with E-state index in [1.54, 1.807) is 20.8 Å². The molecule has 5 nitrogen and oxygen atoms in total. The molecule has 1 aromatic heterocycles. The van der Waals surface area contributed by atoms with Gasteiger partial charge in [-0.3, -0.25) is 4.90 Å². The fourth-order valence-electron chi connectivity index (χ4n) is 3.05. The van der Waals surface area contributed by atoms with Gasteiger partial charge in [-0.2, -0.15) is 13.2 Å². The van der Waals surface area contributed by atoms with Crippen LogP contribution in [-0.4, -0.2) is 36.0 Å². The highest BCUT2D eigenvalue weighted by atomic mass is 35.5. The smallest absolute Gasteiger partial charge is 0.425 e. The largest absolute Gasteiger partial charge is 0.443 e. The molecule has 152 valence electrons. The molecule has 0 radical (unpaired) electrons. The lowest BCUT2D eigenvalue weighted by Crippen LogP contribution is -2.38. The van der Waals surface area contributed by atoms with Gasteiger partial charge in [-0.15, -0.1) is 0 Å². The monoisotopic (exact) mass is 408 g/mol. The lowest BCUT2D eigenvalue weighted by Gasteiger charge is -2.26. The maximum atomic E-state index is 13.4. The molecule has 1 saturated heterocycles. The molecule has 0 aromatic carbocycles. The van der Waals surface area contributed by atoms with Crippen molar-refractivity contribution in [1.29, 1.82) is 0 Å². The third-order valence-corrected chi connectivity index (χ3v) is 4.68. The van der Waals surface area contributed by atoms with Gasteiger partial charge < -0.3 is 9.47 Å². The van der Waals surface area contributed by atoms with E-state index in [1.807, 2.05) is 13.8 Å². The zero-order valence-corrected chi connectivity index (χ0v) is 15.9. The second kappa shape index (κ2) is 6.24. The van der Waals surface area contributed by atoms with Crippen molar-refractivity contribution in [2.75, 3.05) is 18.1 Å². The minimum absolute atomic E-state index is 0. The molecule has 1 amide bonds. The number of pyridine rings is 1. The summed E-state index contributed by atoms with van der Waals surface area (Å²) in [6, 6.07) is 1.34. The molecule has 0 saturated carbocycles. The number of hydrogen-bond donors (Lipinski definition) is 0. The number of epoxide rings is 1. The second-order valence-corrected chi connectivity index (χ2v) is 8.62. The number of rotatable bonds is 1. The first-order chi connectivity index (χ1) is 11.7. The number of fused-ring (bicyclic) bond motifs is 1. The van der Waals surface area contributed by atoms with Crippen molar-refractivity contribution >= 4 is 23.4 Å². The average molecular weight is 409 g/mol. The molecule has 1 aromatic rings. The van der Waals surface area contributed by atoms with Crippen molar-refractivity contribution in [2.45, 2.75) is 64.8 Å². The third kappa shape index (κ3) is 3.61. The number of amides is 1. The quantitative estimate of drug-likeness (QED) is 0.474. The van der Waals surface area contributed by atoms with E-state index in [0.29, 0.717) is 5.56 Å². The lowest BCUT2D eigenvalue weighted by atomic mass is 9.86. The Labute approximate surface area is 161 Å². The molecule has 2 aliphatic heterocycles. The fraction of sp³-hybridized carbons (Fsp3) is 0.667. The van der Waals surface area contributed by atoms with Crippen molar-refractivity contribution in [3.63, 3.8) is 0 Å². The Morgan fingerprint density at radius 1 is 1.33 bits per heavy atom. The molecule has 9 heteroatoms. The van der Waals surface area contributed by atoms with E-state index in [4.69, 9.17) is 21.1 Å². The first kappa shape index (κ1) is 21.8. The molecule has 1 fully saturated rings. The number of nitrogens with zero attached hydrogens (tertiary/aromatic N) is 2. The third-order valence-electron chi connectivity index (χ3n) is 4.42. The van der Waals surface area contributed by atoms with E-state index in [0.717, 1.165) is 0 Å². The molecule has 3 heterocycles. The van der Waals surface area contributed by atoms with Crippen molar-refractivity contribution in [3.8, 4) is 0 Å². The Balaban J connectivity index is 0.00000261. The summed E-state index contributed by atoms with van der Waals surface area (Å²) >= 11 is 6.21. The minimum atomic E-state index is -4.59. The van der Waals surface area contributed by atoms with Gasteiger partial charge in [0.05, 0.1) is 18.0 Å². The zero-order chi connectivity index (χ0) is 19.7. The molecule has 0 spiro atoms. The number of aromatic nitrogens is 1. The summed E-state index contributed by atoms with van der Waals surface area (Å²) in [6.45, 7) is 8.57. The SMILES string of the molecule is C.CC(C)(C)OC(=O)N1CC(C)(C)c2cc(C3(C(F)(F)F)CO3)nc(Cl)c21. The Hall–Kier alpha value is -1.54.